The summed E-state index contributed by atoms with van der Waals surface area (Å²) in [7, 11) is 4.17. The molecule has 1 aliphatic rings. The number of amides is 1. The third-order valence-electron chi connectivity index (χ3n) is 5.15. The van der Waals surface area contributed by atoms with Gasteiger partial charge in [0, 0.05) is 35.1 Å². The topological polar surface area (TPSA) is 93.3 Å². The minimum absolute atomic E-state index is 0.265. The molecule has 0 atom stereocenters. The molecule has 7 heteroatoms. The van der Waals surface area contributed by atoms with Gasteiger partial charge in [-0.05, 0) is 57.3 Å². The van der Waals surface area contributed by atoms with Crippen LogP contribution in [0.25, 0.3) is 22.2 Å². The van der Waals surface area contributed by atoms with E-state index in [-0.39, 0.29) is 5.41 Å². The predicted molar refractivity (Wildman–Crippen MR) is 108 cm³/mol. The van der Waals surface area contributed by atoms with Crippen LogP contribution in [0, 0.1) is 11.5 Å². The van der Waals surface area contributed by atoms with Crippen LogP contribution in [0.1, 0.15) is 12.8 Å². The molecule has 2 heterocycles. The fourth-order valence-corrected chi connectivity index (χ4v) is 3.58. The van der Waals surface area contributed by atoms with Gasteiger partial charge < -0.3 is 20.4 Å². The molecule has 1 fully saturated rings. The highest BCUT2D eigenvalue weighted by Crippen LogP contribution is 2.46. The number of fused-ring (bicyclic) bond motifs is 1. The number of H-pyrrole nitrogens is 1. The Morgan fingerprint density at radius 3 is 2.82 bits per heavy atom. The predicted octanol–water partition coefficient (Wildman–Crippen LogP) is 2.44. The number of nitrogens with two attached hydrogens (primary N) is 1. The minimum atomic E-state index is -0.832. The van der Waals surface area contributed by atoms with Gasteiger partial charge in [0.05, 0.1) is 17.9 Å². The van der Waals surface area contributed by atoms with Crippen molar-refractivity contribution < 1.29 is 9.53 Å². The maximum Gasteiger partial charge on any atom is 0.325 e. The van der Waals surface area contributed by atoms with Crippen LogP contribution in [0.4, 0.5) is 4.79 Å². The van der Waals surface area contributed by atoms with Gasteiger partial charge >= 0.3 is 6.03 Å². The van der Waals surface area contributed by atoms with Crippen LogP contribution in [0.5, 0.6) is 5.75 Å². The molecular weight excluding hydrogens is 356 g/mol. The van der Waals surface area contributed by atoms with Crippen molar-refractivity contribution in [1.29, 1.82) is 0 Å². The first-order valence-electron chi connectivity index (χ1n) is 9.20. The first-order valence-corrected chi connectivity index (χ1v) is 9.20. The molecule has 2 aromatic heterocycles. The van der Waals surface area contributed by atoms with Gasteiger partial charge in [-0.3, -0.25) is 4.79 Å². The van der Waals surface area contributed by atoms with E-state index in [2.05, 4.69) is 30.0 Å². The molecule has 0 spiro atoms. The second-order valence-corrected chi connectivity index (χ2v) is 7.83. The lowest BCUT2D eigenvalue weighted by Crippen LogP contribution is -2.31. The van der Waals surface area contributed by atoms with Crippen LogP contribution >= 0.6 is 0 Å². The summed E-state index contributed by atoms with van der Waals surface area (Å²) in [5, 5.41) is 0.929. The van der Waals surface area contributed by atoms with E-state index in [0.29, 0.717) is 17.9 Å². The lowest BCUT2D eigenvalue weighted by molar-refractivity contribution is 0.194. The van der Waals surface area contributed by atoms with E-state index >= 15 is 0 Å². The average molecular weight is 379 g/mol. The number of hydrogen-bond donors (Lipinski definition) is 2. The summed E-state index contributed by atoms with van der Waals surface area (Å²) in [5.74, 6) is 0.803. The van der Waals surface area contributed by atoms with Gasteiger partial charge in [0.15, 0.2) is 0 Å². The number of aromatic nitrogens is 2. The molecule has 0 saturated heterocycles. The summed E-state index contributed by atoms with van der Waals surface area (Å²) in [4.78, 5) is 29.2. The summed E-state index contributed by atoms with van der Waals surface area (Å²) in [5.41, 5.74) is 6.84. The van der Waals surface area contributed by atoms with Crippen molar-refractivity contribution in [2.24, 2.45) is 11.1 Å². The van der Waals surface area contributed by atoms with Crippen molar-refractivity contribution in [2.75, 3.05) is 27.2 Å². The van der Waals surface area contributed by atoms with Gasteiger partial charge in [0.1, 0.15) is 5.75 Å². The first-order chi connectivity index (χ1) is 13.4. The van der Waals surface area contributed by atoms with Gasteiger partial charge in [-0.1, -0.05) is 0 Å². The molecule has 0 unspecified atom stereocenters. The molecule has 1 aromatic carbocycles. The molecule has 7 nitrogen and oxygen atoms in total. The summed E-state index contributed by atoms with van der Waals surface area (Å²) in [6.07, 6.45) is 3.63. The van der Waals surface area contributed by atoms with E-state index in [1.807, 2.05) is 24.3 Å². The van der Waals surface area contributed by atoms with Crippen LogP contribution in [0.2, 0.25) is 0 Å². The SMILES string of the molecule is CN(C)CC1(COc2ccc3[nH]c(-c4c[c]cn(C(N)=O)c4=O)cc3c2)CC1. The fraction of sp³-hybridized carbons (Fsp3) is 0.333. The van der Waals surface area contributed by atoms with E-state index in [0.717, 1.165) is 27.8 Å². The number of nitrogens with zero attached hydrogens (tertiary/aromatic N) is 2. The number of carbonyl (C=O) groups excluding carboxylic acids is 1. The standard InChI is InChI=1S/C21H23N4O3/c1-24(2)12-21(7-8-21)13-28-15-5-6-17-14(10-15)11-18(23-17)16-4-3-9-25(19(16)26)20(22)27/h4-6,9-11,23H,7-8,12-13H2,1-2H3,(H2,22,27). The maximum absolute atomic E-state index is 12.5. The van der Waals surface area contributed by atoms with E-state index in [9.17, 15) is 9.59 Å². The Morgan fingerprint density at radius 1 is 1.36 bits per heavy atom. The highest BCUT2D eigenvalue weighted by molar-refractivity contribution is 5.87. The van der Waals surface area contributed by atoms with Crippen molar-refractivity contribution in [3.05, 3.63) is 52.9 Å². The Morgan fingerprint density at radius 2 is 2.14 bits per heavy atom. The van der Waals surface area contributed by atoms with Crippen molar-refractivity contribution in [3.8, 4) is 17.0 Å². The number of primary amides is 1. The van der Waals surface area contributed by atoms with Gasteiger partial charge in [-0.2, -0.15) is 0 Å². The molecule has 0 aliphatic heterocycles. The lowest BCUT2D eigenvalue weighted by atomic mass is 10.1. The maximum atomic E-state index is 12.5. The van der Waals surface area contributed by atoms with Gasteiger partial charge in [-0.25, -0.2) is 9.36 Å². The number of ether oxygens (including phenoxy) is 1. The first kappa shape index (κ1) is 18.3. The number of benzene rings is 1. The zero-order valence-electron chi connectivity index (χ0n) is 16.0. The summed E-state index contributed by atoms with van der Waals surface area (Å²) in [6.45, 7) is 1.73. The number of nitrogens with one attached hydrogen (secondary N) is 1. The number of pyridine rings is 1. The quantitative estimate of drug-likeness (QED) is 0.688. The molecule has 1 aliphatic carbocycles. The number of aromatic amines is 1. The van der Waals surface area contributed by atoms with E-state index < -0.39 is 11.6 Å². The second kappa shape index (κ2) is 6.83. The van der Waals surface area contributed by atoms with Crippen molar-refractivity contribution in [1.82, 2.24) is 14.5 Å². The molecule has 3 N–H and O–H groups in total. The molecule has 28 heavy (non-hydrogen) atoms. The van der Waals surface area contributed by atoms with Crippen LogP contribution in [0.3, 0.4) is 0 Å². The Bertz CT molecular complexity index is 1090. The molecular formula is C21H23N4O3. The van der Waals surface area contributed by atoms with Gasteiger partial charge in [0.25, 0.3) is 5.56 Å². The Labute approximate surface area is 162 Å². The second-order valence-electron chi connectivity index (χ2n) is 7.83. The van der Waals surface area contributed by atoms with E-state index in [1.165, 1.54) is 19.0 Å². The van der Waals surface area contributed by atoms with Crippen LogP contribution < -0.4 is 16.0 Å². The summed E-state index contributed by atoms with van der Waals surface area (Å²) < 4.78 is 6.90. The summed E-state index contributed by atoms with van der Waals surface area (Å²) in [6, 6.07) is 11.2. The van der Waals surface area contributed by atoms with Crippen LogP contribution in [-0.2, 0) is 0 Å². The third kappa shape index (κ3) is 3.53. The molecule has 145 valence electrons. The minimum Gasteiger partial charge on any atom is -0.493 e. The lowest BCUT2D eigenvalue weighted by Gasteiger charge is -2.20. The van der Waals surface area contributed by atoms with Crippen molar-refractivity contribution >= 4 is 16.9 Å². The zero-order chi connectivity index (χ0) is 19.9. The van der Waals surface area contributed by atoms with Gasteiger partial charge in [0.2, 0.25) is 0 Å². The van der Waals surface area contributed by atoms with Gasteiger partial charge in [-0.15, -0.1) is 0 Å². The average Bonchev–Trinajstić information content (AvgIpc) is 3.26. The molecule has 1 saturated carbocycles. The molecule has 0 bridgehead atoms. The monoisotopic (exact) mass is 379 g/mol. The highest BCUT2D eigenvalue weighted by atomic mass is 16.5. The number of rotatable bonds is 6. The summed E-state index contributed by atoms with van der Waals surface area (Å²) >= 11 is 0. The van der Waals surface area contributed by atoms with Crippen molar-refractivity contribution in [2.45, 2.75) is 12.8 Å². The molecule has 4 rings (SSSR count). The third-order valence-corrected chi connectivity index (χ3v) is 5.15. The Kier molecular flexibility index (Phi) is 4.47. The Hall–Kier alpha value is -3.06. The Balaban J connectivity index is 1.58. The number of hydrogen-bond acceptors (Lipinski definition) is 4. The molecule has 3 aromatic rings. The highest BCUT2D eigenvalue weighted by Gasteiger charge is 2.43. The van der Waals surface area contributed by atoms with Crippen LogP contribution in [0.15, 0.2) is 41.3 Å². The molecule has 1 amide bonds. The normalized spacial score (nSPS) is 15.1. The van der Waals surface area contributed by atoms with E-state index in [1.54, 1.807) is 6.07 Å². The number of carbonyl (C=O) groups is 1. The van der Waals surface area contributed by atoms with Crippen molar-refractivity contribution in [3.63, 3.8) is 0 Å². The van der Waals surface area contributed by atoms with Crippen LogP contribution in [-0.4, -0.2) is 47.7 Å². The fourth-order valence-electron chi connectivity index (χ4n) is 3.58. The zero-order valence-corrected chi connectivity index (χ0v) is 16.0. The van der Waals surface area contributed by atoms with E-state index in [4.69, 9.17) is 10.5 Å². The largest absolute Gasteiger partial charge is 0.493 e. The smallest absolute Gasteiger partial charge is 0.325 e. The molecule has 1 radical (unpaired) electrons.